The number of hydrogen-bond acceptors (Lipinski definition) is 4. The summed E-state index contributed by atoms with van der Waals surface area (Å²) in [4.78, 5) is 34.2. The van der Waals surface area contributed by atoms with Crippen molar-refractivity contribution in [2.24, 2.45) is 0 Å². The molecule has 0 saturated carbocycles. The van der Waals surface area contributed by atoms with Crippen LogP contribution in [0.1, 0.15) is 50.8 Å². The van der Waals surface area contributed by atoms with Gasteiger partial charge in [0.1, 0.15) is 5.69 Å². The second-order valence-electron chi connectivity index (χ2n) is 9.73. The summed E-state index contributed by atoms with van der Waals surface area (Å²) in [5.74, 6) is -1.22. The second kappa shape index (κ2) is 10.5. The topological polar surface area (TPSA) is 96.6 Å². The fourth-order valence-electron chi connectivity index (χ4n) is 4.96. The Bertz CT molecular complexity index is 1860. The van der Waals surface area contributed by atoms with Crippen molar-refractivity contribution in [1.29, 1.82) is 0 Å². The molecule has 1 atom stereocenters. The first-order valence-corrected chi connectivity index (χ1v) is 13.0. The molecule has 2 aromatic carbocycles. The van der Waals surface area contributed by atoms with E-state index in [9.17, 15) is 14.7 Å². The van der Waals surface area contributed by atoms with Crippen LogP contribution in [0.5, 0.6) is 0 Å². The SMILES string of the molecule is C[C@H](NC(=O)c1cc(-c2ccccc2)cc2ccc(Cc3ccc4cccnc4n3)n12)c1ccc(C(=O)O)cc1. The quantitative estimate of drug-likeness (QED) is 0.253. The van der Waals surface area contributed by atoms with Crippen molar-refractivity contribution < 1.29 is 14.7 Å². The van der Waals surface area contributed by atoms with E-state index in [4.69, 9.17) is 4.98 Å². The van der Waals surface area contributed by atoms with Crippen LogP contribution in [-0.4, -0.2) is 31.4 Å². The number of amides is 1. The van der Waals surface area contributed by atoms with Crippen LogP contribution in [0.2, 0.25) is 0 Å². The predicted octanol–water partition coefficient (Wildman–Crippen LogP) is 6.33. The molecule has 0 fully saturated rings. The molecular weight excluding hydrogens is 500 g/mol. The lowest BCUT2D eigenvalue weighted by Crippen LogP contribution is -2.28. The Hall–Kier alpha value is -5.30. The molecule has 6 aromatic rings. The Morgan fingerprint density at radius 2 is 1.68 bits per heavy atom. The molecule has 0 aliphatic carbocycles. The van der Waals surface area contributed by atoms with Crippen LogP contribution in [0.15, 0.2) is 109 Å². The number of nitrogens with one attached hydrogen (secondary N) is 1. The molecule has 0 saturated heterocycles. The van der Waals surface area contributed by atoms with Crippen LogP contribution >= 0.6 is 0 Å². The Labute approximate surface area is 230 Å². The maximum Gasteiger partial charge on any atom is 0.335 e. The van der Waals surface area contributed by atoms with E-state index in [-0.39, 0.29) is 17.5 Å². The van der Waals surface area contributed by atoms with Gasteiger partial charge in [-0.2, -0.15) is 0 Å². The lowest BCUT2D eigenvalue weighted by atomic mass is 10.0. The molecule has 0 spiro atoms. The van der Waals surface area contributed by atoms with Crippen LogP contribution in [0.4, 0.5) is 0 Å². The Kier molecular flexibility index (Phi) is 6.54. The van der Waals surface area contributed by atoms with E-state index in [1.54, 1.807) is 30.5 Å². The van der Waals surface area contributed by atoms with Crippen molar-refractivity contribution in [2.45, 2.75) is 19.4 Å². The third kappa shape index (κ3) is 4.92. The Balaban J connectivity index is 1.39. The highest BCUT2D eigenvalue weighted by Crippen LogP contribution is 2.27. The summed E-state index contributed by atoms with van der Waals surface area (Å²) in [6, 6.07) is 32.1. The number of carboxylic acids is 1. The normalized spacial score (nSPS) is 11.9. The smallest absolute Gasteiger partial charge is 0.335 e. The summed E-state index contributed by atoms with van der Waals surface area (Å²) in [6.07, 6.45) is 2.26. The number of rotatable bonds is 7. The van der Waals surface area contributed by atoms with Crippen molar-refractivity contribution in [3.8, 4) is 11.1 Å². The minimum Gasteiger partial charge on any atom is -0.478 e. The first kappa shape index (κ1) is 25.0. The first-order valence-electron chi connectivity index (χ1n) is 13.0. The van der Waals surface area contributed by atoms with Gasteiger partial charge in [0.25, 0.3) is 5.91 Å². The zero-order valence-corrected chi connectivity index (χ0v) is 21.8. The highest BCUT2D eigenvalue weighted by atomic mass is 16.4. The third-order valence-corrected chi connectivity index (χ3v) is 7.06. The van der Waals surface area contributed by atoms with Crippen molar-refractivity contribution in [3.05, 3.63) is 138 Å². The van der Waals surface area contributed by atoms with Gasteiger partial charge in [-0.25, -0.2) is 14.8 Å². The van der Waals surface area contributed by atoms with Crippen LogP contribution in [0.25, 0.3) is 27.7 Å². The number of aromatic carboxylic acids is 1. The average Bonchev–Trinajstić information content (AvgIpc) is 3.39. The van der Waals surface area contributed by atoms with Gasteiger partial charge in [-0.3, -0.25) is 4.79 Å². The number of carbonyl (C=O) groups excluding carboxylic acids is 1. The summed E-state index contributed by atoms with van der Waals surface area (Å²) in [5.41, 5.74) is 6.85. The molecule has 0 unspecified atom stereocenters. The summed E-state index contributed by atoms with van der Waals surface area (Å²) >= 11 is 0. The maximum atomic E-state index is 13.8. The van der Waals surface area contributed by atoms with Crippen molar-refractivity contribution in [3.63, 3.8) is 0 Å². The number of carboxylic acid groups (broad SMARTS) is 1. The highest BCUT2D eigenvalue weighted by molar-refractivity contribution is 5.95. The zero-order valence-electron chi connectivity index (χ0n) is 21.8. The highest BCUT2D eigenvalue weighted by Gasteiger charge is 2.19. The number of fused-ring (bicyclic) bond motifs is 2. The minimum absolute atomic E-state index is 0.203. The number of nitrogens with zero attached hydrogens (tertiary/aromatic N) is 3. The predicted molar refractivity (Wildman–Crippen MR) is 154 cm³/mol. The van der Waals surface area contributed by atoms with Gasteiger partial charge in [0.2, 0.25) is 0 Å². The maximum absolute atomic E-state index is 13.8. The molecule has 7 heteroatoms. The summed E-state index contributed by atoms with van der Waals surface area (Å²) in [7, 11) is 0. The van der Waals surface area contributed by atoms with Crippen molar-refractivity contribution >= 4 is 28.4 Å². The number of benzene rings is 2. The Morgan fingerprint density at radius 3 is 2.45 bits per heavy atom. The number of hydrogen-bond donors (Lipinski definition) is 2. The van der Waals surface area contributed by atoms with Crippen LogP contribution in [0.3, 0.4) is 0 Å². The van der Waals surface area contributed by atoms with Gasteiger partial charge in [-0.05, 0) is 84.3 Å². The fraction of sp³-hybridized carbons (Fsp3) is 0.0909. The molecular formula is C33H26N4O3. The largest absolute Gasteiger partial charge is 0.478 e. The van der Waals surface area contributed by atoms with Gasteiger partial charge in [-0.15, -0.1) is 0 Å². The van der Waals surface area contributed by atoms with Crippen molar-refractivity contribution in [2.75, 3.05) is 0 Å². The lowest BCUT2D eigenvalue weighted by Gasteiger charge is -2.17. The van der Waals surface area contributed by atoms with Gasteiger partial charge in [0.15, 0.2) is 5.65 Å². The summed E-state index contributed by atoms with van der Waals surface area (Å²) < 4.78 is 1.98. The van der Waals surface area contributed by atoms with Gasteiger partial charge in [0, 0.05) is 34.9 Å². The molecule has 0 bridgehead atoms. The standard InChI is InChI=1S/C33H26N4O3/c1-21(22-9-11-25(12-10-22)33(39)40)35-32(38)30-19-26(23-6-3-2-4-7-23)18-28-15-16-29(37(28)30)20-27-14-13-24-8-5-17-34-31(24)36-27/h2-19,21H,20H2,1H3,(H,35,38)(H,39,40)/t21-/m0/s1. The molecule has 0 radical (unpaired) electrons. The van der Waals surface area contributed by atoms with Crippen LogP contribution in [0, 0.1) is 0 Å². The van der Waals surface area contributed by atoms with Gasteiger partial charge < -0.3 is 14.8 Å². The average molecular weight is 527 g/mol. The number of pyridine rings is 3. The minimum atomic E-state index is -0.986. The van der Waals surface area contributed by atoms with E-state index < -0.39 is 5.97 Å². The second-order valence-corrected chi connectivity index (χ2v) is 9.73. The van der Waals surface area contributed by atoms with E-state index in [0.29, 0.717) is 17.8 Å². The van der Waals surface area contributed by atoms with E-state index >= 15 is 0 Å². The zero-order chi connectivity index (χ0) is 27.6. The molecule has 1 amide bonds. The summed E-state index contributed by atoms with van der Waals surface area (Å²) in [6.45, 7) is 1.88. The van der Waals surface area contributed by atoms with E-state index in [1.807, 2.05) is 84.1 Å². The van der Waals surface area contributed by atoms with E-state index in [1.165, 1.54) is 0 Å². The molecule has 2 N–H and O–H groups in total. The molecule has 0 aliphatic rings. The van der Waals surface area contributed by atoms with E-state index in [2.05, 4.69) is 16.4 Å². The molecule has 7 nitrogen and oxygen atoms in total. The van der Waals surface area contributed by atoms with Crippen LogP contribution in [-0.2, 0) is 6.42 Å². The monoisotopic (exact) mass is 526 g/mol. The van der Waals surface area contributed by atoms with E-state index in [0.717, 1.165) is 39.0 Å². The molecule has 4 heterocycles. The van der Waals surface area contributed by atoms with Gasteiger partial charge in [0.05, 0.1) is 11.6 Å². The number of carbonyl (C=O) groups is 2. The molecule has 6 rings (SSSR count). The fourth-order valence-corrected chi connectivity index (χ4v) is 4.96. The molecule has 40 heavy (non-hydrogen) atoms. The lowest BCUT2D eigenvalue weighted by molar-refractivity contribution is 0.0696. The Morgan fingerprint density at radius 1 is 0.875 bits per heavy atom. The molecule has 0 aliphatic heterocycles. The first-order chi connectivity index (χ1) is 19.5. The van der Waals surface area contributed by atoms with Crippen molar-refractivity contribution in [1.82, 2.24) is 19.7 Å². The van der Waals surface area contributed by atoms with Gasteiger partial charge >= 0.3 is 5.97 Å². The molecule has 196 valence electrons. The number of aromatic nitrogens is 3. The van der Waals surface area contributed by atoms with Gasteiger partial charge in [-0.1, -0.05) is 42.5 Å². The molecule has 4 aromatic heterocycles. The van der Waals surface area contributed by atoms with Crippen LogP contribution < -0.4 is 5.32 Å². The third-order valence-electron chi connectivity index (χ3n) is 7.06. The summed E-state index contributed by atoms with van der Waals surface area (Å²) in [5, 5.41) is 13.3.